The van der Waals surface area contributed by atoms with Crippen molar-refractivity contribution in [3.05, 3.63) is 53.2 Å². The second-order valence-corrected chi connectivity index (χ2v) is 7.25. The highest BCUT2D eigenvalue weighted by atomic mass is 16.7. The van der Waals surface area contributed by atoms with Crippen LogP contribution in [0.25, 0.3) is 0 Å². The van der Waals surface area contributed by atoms with Crippen molar-refractivity contribution in [2.24, 2.45) is 0 Å². The molecule has 6 nitrogen and oxygen atoms in total. The summed E-state index contributed by atoms with van der Waals surface area (Å²) in [6.07, 6.45) is 3.11. The number of piperidine rings is 1. The minimum atomic E-state index is -0.467. The third-order valence-corrected chi connectivity index (χ3v) is 5.41. The molecule has 1 N–H and O–H groups in total. The number of hydrogen-bond acceptors (Lipinski definition) is 5. The second-order valence-electron chi connectivity index (χ2n) is 7.25. The first-order valence-corrected chi connectivity index (χ1v) is 9.42. The Morgan fingerprint density at radius 1 is 1.07 bits per heavy atom. The minimum absolute atomic E-state index is 0.0217. The van der Waals surface area contributed by atoms with Gasteiger partial charge in [-0.25, -0.2) is 4.98 Å². The van der Waals surface area contributed by atoms with Crippen LogP contribution >= 0.6 is 0 Å². The van der Waals surface area contributed by atoms with Gasteiger partial charge in [0.25, 0.3) is 5.91 Å². The summed E-state index contributed by atoms with van der Waals surface area (Å²) in [5.74, 6) is 0.221. The van der Waals surface area contributed by atoms with Gasteiger partial charge in [-0.2, -0.15) is 0 Å². The van der Waals surface area contributed by atoms with Gasteiger partial charge >= 0.3 is 0 Å². The Morgan fingerprint density at radius 2 is 1.81 bits per heavy atom. The van der Waals surface area contributed by atoms with Gasteiger partial charge < -0.3 is 19.7 Å². The van der Waals surface area contributed by atoms with E-state index in [0.717, 1.165) is 18.5 Å². The Balaban J connectivity index is 1.44. The van der Waals surface area contributed by atoms with E-state index in [9.17, 15) is 4.79 Å². The van der Waals surface area contributed by atoms with Crippen LogP contribution in [-0.4, -0.2) is 47.9 Å². The van der Waals surface area contributed by atoms with E-state index in [-0.39, 0.29) is 5.91 Å². The molecule has 0 unspecified atom stereocenters. The number of amides is 1. The molecule has 1 amide bonds. The standard InChI is InChI=1S/C21H25N3O3/c1-15-3-4-18(13-16(15)2)23-19-14-17(5-8-22-19)20(25)24-9-6-21(7-10-24)26-11-12-27-21/h3-5,8,13-14H,6-7,9-12H2,1-2H3,(H,22,23). The Morgan fingerprint density at radius 3 is 2.52 bits per heavy atom. The van der Waals surface area contributed by atoms with Crippen molar-refractivity contribution in [2.75, 3.05) is 31.6 Å². The van der Waals surface area contributed by atoms with Crippen LogP contribution in [0.3, 0.4) is 0 Å². The van der Waals surface area contributed by atoms with Crippen LogP contribution in [0, 0.1) is 13.8 Å². The molecule has 1 spiro atoms. The van der Waals surface area contributed by atoms with Crippen LogP contribution in [0.4, 0.5) is 11.5 Å². The molecule has 2 fully saturated rings. The average Bonchev–Trinajstić information content (AvgIpc) is 3.13. The molecule has 4 rings (SSSR count). The van der Waals surface area contributed by atoms with Gasteiger partial charge in [0.15, 0.2) is 5.79 Å². The molecule has 6 heteroatoms. The zero-order chi connectivity index (χ0) is 18.9. The number of carbonyl (C=O) groups excluding carboxylic acids is 1. The van der Waals surface area contributed by atoms with Crippen LogP contribution in [0.1, 0.15) is 34.3 Å². The maximum atomic E-state index is 12.9. The molecule has 142 valence electrons. The van der Waals surface area contributed by atoms with E-state index in [1.165, 1.54) is 11.1 Å². The van der Waals surface area contributed by atoms with Gasteiger partial charge in [0.05, 0.1) is 13.2 Å². The summed E-state index contributed by atoms with van der Waals surface area (Å²) in [6.45, 7) is 6.73. The number of ether oxygens (including phenoxy) is 2. The number of nitrogens with one attached hydrogen (secondary N) is 1. The van der Waals surface area contributed by atoms with E-state index >= 15 is 0 Å². The van der Waals surface area contributed by atoms with Crippen molar-refractivity contribution in [1.29, 1.82) is 0 Å². The van der Waals surface area contributed by atoms with E-state index in [0.29, 0.717) is 37.7 Å². The fourth-order valence-corrected chi connectivity index (χ4v) is 3.62. The largest absolute Gasteiger partial charge is 0.347 e. The summed E-state index contributed by atoms with van der Waals surface area (Å²) in [5.41, 5.74) is 4.06. The monoisotopic (exact) mass is 367 g/mol. The fraction of sp³-hybridized carbons (Fsp3) is 0.429. The normalized spacial score (nSPS) is 18.7. The summed E-state index contributed by atoms with van der Waals surface area (Å²) in [7, 11) is 0. The molecule has 2 aliphatic heterocycles. The van der Waals surface area contributed by atoms with Crippen molar-refractivity contribution >= 4 is 17.4 Å². The van der Waals surface area contributed by atoms with Gasteiger partial charge in [0.2, 0.25) is 0 Å². The van der Waals surface area contributed by atoms with Crippen molar-refractivity contribution < 1.29 is 14.3 Å². The molecule has 0 atom stereocenters. The first kappa shape index (κ1) is 17.9. The molecule has 1 aromatic heterocycles. The smallest absolute Gasteiger partial charge is 0.254 e. The molecule has 27 heavy (non-hydrogen) atoms. The predicted molar refractivity (Wildman–Crippen MR) is 103 cm³/mol. The summed E-state index contributed by atoms with van der Waals surface area (Å²) in [6, 6.07) is 9.75. The number of anilines is 2. The molecule has 3 heterocycles. The van der Waals surface area contributed by atoms with Crippen LogP contribution < -0.4 is 5.32 Å². The van der Waals surface area contributed by atoms with Crippen molar-refractivity contribution in [1.82, 2.24) is 9.88 Å². The van der Waals surface area contributed by atoms with Crippen molar-refractivity contribution in [2.45, 2.75) is 32.5 Å². The highest BCUT2D eigenvalue weighted by molar-refractivity contribution is 5.95. The highest BCUT2D eigenvalue weighted by Gasteiger charge is 2.40. The van der Waals surface area contributed by atoms with Gasteiger partial charge in [-0.05, 0) is 49.2 Å². The molecule has 2 aliphatic rings. The first-order chi connectivity index (χ1) is 13.0. The van der Waals surface area contributed by atoms with Gasteiger partial charge in [-0.15, -0.1) is 0 Å². The van der Waals surface area contributed by atoms with Crippen LogP contribution in [0.5, 0.6) is 0 Å². The lowest BCUT2D eigenvalue weighted by Crippen LogP contribution is -2.47. The molecule has 0 radical (unpaired) electrons. The lowest BCUT2D eigenvalue weighted by Gasteiger charge is -2.37. The molecule has 2 aromatic rings. The Labute approximate surface area is 159 Å². The maximum absolute atomic E-state index is 12.9. The zero-order valence-corrected chi connectivity index (χ0v) is 15.8. The van der Waals surface area contributed by atoms with Crippen LogP contribution in [0.2, 0.25) is 0 Å². The topological polar surface area (TPSA) is 63.7 Å². The number of likely N-dealkylation sites (tertiary alicyclic amines) is 1. The molecular formula is C21H25N3O3. The van der Waals surface area contributed by atoms with E-state index in [1.54, 1.807) is 12.3 Å². The van der Waals surface area contributed by atoms with Gasteiger partial charge in [-0.3, -0.25) is 4.79 Å². The molecule has 1 aromatic carbocycles. The van der Waals surface area contributed by atoms with E-state index in [1.807, 2.05) is 17.0 Å². The Kier molecular flexibility index (Phi) is 4.85. The lowest BCUT2D eigenvalue weighted by atomic mass is 10.0. The zero-order valence-electron chi connectivity index (χ0n) is 15.8. The maximum Gasteiger partial charge on any atom is 0.254 e. The Bertz CT molecular complexity index is 836. The third-order valence-electron chi connectivity index (χ3n) is 5.41. The Hall–Kier alpha value is -2.44. The van der Waals surface area contributed by atoms with E-state index < -0.39 is 5.79 Å². The predicted octanol–water partition coefficient (Wildman–Crippen LogP) is 3.42. The van der Waals surface area contributed by atoms with Crippen LogP contribution in [0.15, 0.2) is 36.5 Å². The number of aromatic nitrogens is 1. The number of nitrogens with zero attached hydrogens (tertiary/aromatic N) is 2. The number of carbonyl (C=O) groups is 1. The molecule has 0 saturated carbocycles. The fourth-order valence-electron chi connectivity index (χ4n) is 3.62. The summed E-state index contributed by atoms with van der Waals surface area (Å²) in [5, 5.41) is 3.29. The van der Waals surface area contributed by atoms with Crippen molar-refractivity contribution in [3.8, 4) is 0 Å². The quantitative estimate of drug-likeness (QED) is 0.901. The summed E-state index contributed by atoms with van der Waals surface area (Å²) < 4.78 is 11.5. The third kappa shape index (κ3) is 3.82. The van der Waals surface area contributed by atoms with E-state index in [4.69, 9.17) is 9.47 Å². The SMILES string of the molecule is Cc1ccc(Nc2cc(C(=O)N3CCC4(CC3)OCCO4)ccn2)cc1C. The molecular weight excluding hydrogens is 342 g/mol. The number of aryl methyl sites for hydroxylation is 2. The molecule has 2 saturated heterocycles. The number of pyridine rings is 1. The number of rotatable bonds is 3. The first-order valence-electron chi connectivity index (χ1n) is 9.42. The number of benzene rings is 1. The summed E-state index contributed by atoms with van der Waals surface area (Å²) in [4.78, 5) is 19.1. The summed E-state index contributed by atoms with van der Waals surface area (Å²) >= 11 is 0. The lowest BCUT2D eigenvalue weighted by molar-refractivity contribution is -0.181. The molecule has 0 aliphatic carbocycles. The van der Waals surface area contributed by atoms with Gasteiger partial charge in [0.1, 0.15) is 5.82 Å². The average molecular weight is 367 g/mol. The van der Waals surface area contributed by atoms with Gasteiger partial charge in [-0.1, -0.05) is 6.07 Å². The highest BCUT2D eigenvalue weighted by Crippen LogP contribution is 2.31. The molecule has 0 bridgehead atoms. The van der Waals surface area contributed by atoms with Crippen LogP contribution in [-0.2, 0) is 9.47 Å². The minimum Gasteiger partial charge on any atom is -0.347 e. The number of hydrogen-bond donors (Lipinski definition) is 1. The van der Waals surface area contributed by atoms with Gasteiger partial charge in [0, 0.05) is 43.4 Å². The second kappa shape index (κ2) is 7.29. The van der Waals surface area contributed by atoms with E-state index in [2.05, 4.69) is 36.3 Å². The van der Waals surface area contributed by atoms with Crippen molar-refractivity contribution in [3.63, 3.8) is 0 Å².